The Bertz CT molecular complexity index is 515. The van der Waals surface area contributed by atoms with E-state index in [2.05, 4.69) is 28.9 Å². The number of rotatable bonds is 6. The molecule has 1 aromatic carbocycles. The molecule has 4 heteroatoms. The summed E-state index contributed by atoms with van der Waals surface area (Å²) in [5, 5.41) is 9.64. The molecular weight excluding hydrogens is 282 g/mol. The molecule has 0 spiro atoms. The van der Waals surface area contributed by atoms with Crippen molar-refractivity contribution in [2.24, 2.45) is 0 Å². The highest BCUT2D eigenvalue weighted by Gasteiger charge is 2.20. The second-order valence-corrected chi connectivity index (χ2v) is 6.19. The lowest BCUT2D eigenvalue weighted by molar-refractivity contribution is 0.0815. The third-order valence-electron chi connectivity index (χ3n) is 3.33. The van der Waals surface area contributed by atoms with Crippen LogP contribution in [0, 0.1) is 11.8 Å². The Hall–Kier alpha value is -1.12. The highest BCUT2D eigenvalue weighted by atomic mass is 32.1. The Morgan fingerprint density at radius 3 is 2.62 bits per heavy atom. The molecule has 3 nitrogen and oxygen atoms in total. The first-order valence-electron chi connectivity index (χ1n) is 6.97. The molecule has 0 aromatic heterocycles. The van der Waals surface area contributed by atoms with Crippen molar-refractivity contribution in [3.63, 3.8) is 0 Å². The summed E-state index contributed by atoms with van der Waals surface area (Å²) in [7, 11) is 2.02. The van der Waals surface area contributed by atoms with Crippen LogP contribution >= 0.6 is 11.4 Å². The van der Waals surface area contributed by atoms with Gasteiger partial charge in [-0.2, -0.15) is 11.4 Å². The second kappa shape index (κ2) is 9.01. The molecule has 1 N–H and O–H groups in total. The van der Waals surface area contributed by atoms with Gasteiger partial charge < -0.3 is 9.84 Å². The monoisotopic (exact) mass is 307 g/mol. The molecule has 21 heavy (non-hydrogen) atoms. The molecule has 1 rings (SSSR count). The van der Waals surface area contributed by atoms with Crippen molar-refractivity contribution in [1.82, 2.24) is 4.90 Å². The van der Waals surface area contributed by atoms with E-state index in [0.29, 0.717) is 13.2 Å². The van der Waals surface area contributed by atoms with E-state index in [-0.39, 0.29) is 10.6 Å². The van der Waals surface area contributed by atoms with Crippen LogP contribution in [0.2, 0.25) is 0 Å². The van der Waals surface area contributed by atoms with Crippen molar-refractivity contribution < 1.29 is 9.84 Å². The van der Waals surface area contributed by atoms with Crippen molar-refractivity contribution in [2.45, 2.75) is 26.0 Å². The van der Waals surface area contributed by atoms with Gasteiger partial charge in [-0.3, -0.25) is 4.90 Å². The number of benzene rings is 1. The number of hydrogen-bond donors (Lipinski definition) is 2. The first-order valence-corrected chi connectivity index (χ1v) is 8.31. The van der Waals surface area contributed by atoms with Gasteiger partial charge in [0.25, 0.3) is 0 Å². The van der Waals surface area contributed by atoms with E-state index >= 15 is 0 Å². The molecular formula is C17H25NO2S. The molecule has 0 saturated carbocycles. The third kappa shape index (κ3) is 6.92. The summed E-state index contributed by atoms with van der Waals surface area (Å²) >= 11 is 0.801. The average Bonchev–Trinajstić information content (AvgIpc) is 2.50. The Morgan fingerprint density at radius 2 is 2.00 bits per heavy atom. The summed E-state index contributed by atoms with van der Waals surface area (Å²) in [5.41, 5.74) is 0.884. The number of aliphatic hydroxyl groups excluding tert-OH is 1. The number of hydrogen-bond acceptors (Lipinski definition) is 2. The van der Waals surface area contributed by atoms with Crippen LogP contribution in [0.3, 0.4) is 0 Å². The highest BCUT2D eigenvalue weighted by molar-refractivity contribution is 7.98. The molecule has 0 fully saturated rings. The number of aliphatic hydroxyl groups is 1. The predicted molar refractivity (Wildman–Crippen MR) is 93.1 cm³/mol. The molecule has 0 heterocycles. The number of likely N-dealkylation sites (N-methyl/N-ethyl adjacent to an activating group) is 1. The summed E-state index contributed by atoms with van der Waals surface area (Å²) in [4.78, 5) is 2.13. The number of nitrogens with zero attached hydrogens (tertiary/aromatic N) is 1. The zero-order chi connectivity index (χ0) is 15.7. The van der Waals surface area contributed by atoms with Gasteiger partial charge in [0.15, 0.2) is 0 Å². The minimum Gasteiger partial charge on any atom is -0.375 e. The predicted octanol–water partition coefficient (Wildman–Crippen LogP) is 2.70. The van der Waals surface area contributed by atoms with Crippen LogP contribution in [0.4, 0.5) is 0 Å². The average molecular weight is 307 g/mol. The lowest BCUT2D eigenvalue weighted by Gasteiger charge is -2.30. The molecule has 0 unspecified atom stereocenters. The molecule has 0 radical (unpaired) electrons. The van der Waals surface area contributed by atoms with E-state index in [0.717, 1.165) is 17.9 Å². The summed E-state index contributed by atoms with van der Waals surface area (Å²) in [6.45, 7) is 6.15. The Labute approximate surface area is 131 Å². The van der Waals surface area contributed by atoms with Crippen LogP contribution in [-0.2, 0) is 11.3 Å². The van der Waals surface area contributed by atoms with Gasteiger partial charge in [0.2, 0.25) is 0 Å². The van der Waals surface area contributed by atoms with E-state index < -0.39 is 0 Å². The SMILES string of the molecule is C[SH]=C(O)C#CC(C)(C)N(C)CCOCc1ccccc1. The maximum absolute atomic E-state index is 9.43. The normalized spacial score (nSPS) is 12.6. The second-order valence-electron chi connectivity index (χ2n) is 5.32. The molecule has 0 aliphatic rings. The highest BCUT2D eigenvalue weighted by Crippen LogP contribution is 2.10. The third-order valence-corrected chi connectivity index (χ3v) is 3.86. The molecule has 0 amide bonds. The van der Waals surface area contributed by atoms with Crippen molar-refractivity contribution in [3.8, 4) is 11.8 Å². The van der Waals surface area contributed by atoms with Crippen molar-refractivity contribution in [3.05, 3.63) is 35.9 Å². The first kappa shape index (κ1) is 17.9. The topological polar surface area (TPSA) is 32.7 Å². The molecule has 0 aliphatic heterocycles. The fourth-order valence-corrected chi connectivity index (χ4v) is 1.77. The van der Waals surface area contributed by atoms with Gasteiger partial charge in [0.1, 0.15) is 5.05 Å². The van der Waals surface area contributed by atoms with Crippen LogP contribution < -0.4 is 0 Å². The standard InChI is InChI=1S/C17H25NO2S/c1-17(2,11-10-16(19)21-4)18(3)12-13-20-14-15-8-6-5-7-9-15/h5-9,19,21H,12-14H2,1-4H3. The van der Waals surface area contributed by atoms with Crippen LogP contribution in [0.1, 0.15) is 19.4 Å². The van der Waals surface area contributed by atoms with Crippen LogP contribution in [0.15, 0.2) is 30.3 Å². The van der Waals surface area contributed by atoms with E-state index in [1.165, 1.54) is 5.56 Å². The molecule has 0 atom stereocenters. The smallest absolute Gasteiger partial charge is 0.145 e. The summed E-state index contributed by atoms with van der Waals surface area (Å²) < 4.78 is 5.69. The summed E-state index contributed by atoms with van der Waals surface area (Å²) in [6, 6.07) is 10.1. The molecule has 0 aliphatic carbocycles. The van der Waals surface area contributed by atoms with Gasteiger partial charge >= 0.3 is 0 Å². The molecule has 0 bridgehead atoms. The van der Waals surface area contributed by atoms with E-state index in [1.54, 1.807) is 0 Å². The van der Waals surface area contributed by atoms with Gasteiger partial charge in [-0.15, -0.1) is 0 Å². The fourth-order valence-electron chi connectivity index (χ4n) is 1.61. The van der Waals surface area contributed by atoms with Crippen LogP contribution in [0.5, 0.6) is 0 Å². The number of thiol groups is 1. The fraction of sp³-hybridized carbons (Fsp3) is 0.471. The largest absolute Gasteiger partial charge is 0.375 e. The minimum absolute atomic E-state index is 0.205. The Balaban J connectivity index is 2.38. The van der Waals surface area contributed by atoms with Gasteiger partial charge in [-0.1, -0.05) is 36.3 Å². The zero-order valence-electron chi connectivity index (χ0n) is 13.3. The zero-order valence-corrected chi connectivity index (χ0v) is 14.2. The van der Waals surface area contributed by atoms with Crippen molar-refractivity contribution in [2.75, 3.05) is 26.5 Å². The molecule has 116 valence electrons. The first-order chi connectivity index (χ1) is 9.95. The van der Waals surface area contributed by atoms with Gasteiger partial charge in [0, 0.05) is 6.54 Å². The Morgan fingerprint density at radius 1 is 1.33 bits per heavy atom. The maximum Gasteiger partial charge on any atom is 0.145 e. The number of ether oxygens (including phenoxy) is 1. The van der Waals surface area contributed by atoms with Crippen LogP contribution in [-0.4, -0.2) is 47.1 Å². The lowest BCUT2D eigenvalue weighted by atomic mass is 10.0. The van der Waals surface area contributed by atoms with Gasteiger partial charge in [-0.25, -0.2) is 0 Å². The molecule has 1 aromatic rings. The summed E-state index contributed by atoms with van der Waals surface area (Å²) in [5.74, 6) is 5.89. The van der Waals surface area contributed by atoms with Crippen molar-refractivity contribution >= 4 is 16.4 Å². The van der Waals surface area contributed by atoms with Crippen LogP contribution in [0.25, 0.3) is 0 Å². The summed E-state index contributed by atoms with van der Waals surface area (Å²) in [6.07, 6.45) is 1.86. The maximum atomic E-state index is 9.43. The van der Waals surface area contributed by atoms with E-state index in [1.807, 2.05) is 45.4 Å². The quantitative estimate of drug-likeness (QED) is 0.367. The minimum atomic E-state index is -0.297. The van der Waals surface area contributed by atoms with E-state index in [9.17, 15) is 5.11 Å². The Kier molecular flexibility index (Phi) is 7.69. The lowest BCUT2D eigenvalue weighted by Crippen LogP contribution is -2.41. The molecule has 0 saturated heterocycles. The van der Waals surface area contributed by atoms with Gasteiger partial charge in [-0.05, 0) is 38.6 Å². The van der Waals surface area contributed by atoms with E-state index in [4.69, 9.17) is 4.74 Å². The van der Waals surface area contributed by atoms with Gasteiger partial charge in [0.05, 0.1) is 18.8 Å². The van der Waals surface area contributed by atoms with Crippen molar-refractivity contribution in [1.29, 1.82) is 0 Å².